The van der Waals surface area contributed by atoms with Crippen molar-refractivity contribution in [2.24, 2.45) is 5.92 Å². The lowest BCUT2D eigenvalue weighted by Crippen LogP contribution is -2.53. The number of likely N-dealkylation sites (tertiary alicyclic amines) is 1. The van der Waals surface area contributed by atoms with Crippen LogP contribution in [0.2, 0.25) is 0 Å². The molecular formula is C13H24N4O. The van der Waals surface area contributed by atoms with Gasteiger partial charge in [0.2, 0.25) is 5.91 Å². The summed E-state index contributed by atoms with van der Waals surface area (Å²) in [5, 5.41) is 3.43. The molecule has 102 valence electrons. The van der Waals surface area contributed by atoms with Gasteiger partial charge in [-0.25, -0.2) is 0 Å². The predicted molar refractivity (Wildman–Crippen MR) is 70.4 cm³/mol. The molecule has 5 nitrogen and oxygen atoms in total. The molecular weight excluding hydrogens is 228 g/mol. The van der Waals surface area contributed by atoms with Crippen molar-refractivity contribution in [3.63, 3.8) is 0 Å². The Kier molecular flexibility index (Phi) is 3.30. The van der Waals surface area contributed by atoms with E-state index in [1.54, 1.807) is 0 Å². The second-order valence-corrected chi connectivity index (χ2v) is 6.03. The third-order valence-corrected chi connectivity index (χ3v) is 4.94. The van der Waals surface area contributed by atoms with E-state index in [2.05, 4.69) is 34.1 Å². The van der Waals surface area contributed by atoms with Crippen molar-refractivity contribution in [1.82, 2.24) is 20.0 Å². The zero-order valence-corrected chi connectivity index (χ0v) is 11.4. The molecule has 0 spiro atoms. The molecule has 3 rings (SSSR count). The van der Waals surface area contributed by atoms with Crippen molar-refractivity contribution in [2.45, 2.75) is 18.5 Å². The molecule has 0 radical (unpaired) electrons. The number of piperazine rings is 1. The van der Waals surface area contributed by atoms with E-state index < -0.39 is 0 Å². The molecule has 0 aliphatic carbocycles. The molecule has 5 heteroatoms. The van der Waals surface area contributed by atoms with Crippen molar-refractivity contribution in [1.29, 1.82) is 0 Å². The highest BCUT2D eigenvalue weighted by molar-refractivity contribution is 5.82. The van der Waals surface area contributed by atoms with Gasteiger partial charge in [-0.15, -0.1) is 0 Å². The first kappa shape index (κ1) is 12.4. The second-order valence-electron chi connectivity index (χ2n) is 6.03. The molecule has 3 aliphatic heterocycles. The maximum Gasteiger partial charge on any atom is 0.240 e. The predicted octanol–water partition coefficient (Wildman–Crippen LogP) is -0.947. The van der Waals surface area contributed by atoms with Gasteiger partial charge in [0.25, 0.3) is 0 Å². The van der Waals surface area contributed by atoms with E-state index >= 15 is 0 Å². The van der Waals surface area contributed by atoms with Gasteiger partial charge in [-0.2, -0.15) is 0 Å². The second kappa shape index (κ2) is 4.79. The molecule has 0 aromatic carbocycles. The highest BCUT2D eigenvalue weighted by atomic mass is 16.2. The SMILES string of the molecule is CN1CCN(C(=O)[C@@H]2C[C@H]3CNC[C@H]3N2C)CC1. The van der Waals surface area contributed by atoms with Crippen molar-refractivity contribution in [2.75, 3.05) is 53.4 Å². The zero-order valence-electron chi connectivity index (χ0n) is 11.4. The van der Waals surface area contributed by atoms with Crippen LogP contribution in [0.25, 0.3) is 0 Å². The first-order valence-electron chi connectivity index (χ1n) is 7.07. The van der Waals surface area contributed by atoms with Gasteiger partial charge < -0.3 is 15.1 Å². The number of amides is 1. The van der Waals surface area contributed by atoms with Crippen LogP contribution < -0.4 is 5.32 Å². The summed E-state index contributed by atoms with van der Waals surface area (Å²) < 4.78 is 0. The molecule has 3 heterocycles. The molecule has 0 bridgehead atoms. The Morgan fingerprint density at radius 2 is 1.83 bits per heavy atom. The van der Waals surface area contributed by atoms with Gasteiger partial charge >= 0.3 is 0 Å². The summed E-state index contributed by atoms with van der Waals surface area (Å²) in [7, 11) is 4.25. The summed E-state index contributed by atoms with van der Waals surface area (Å²) in [4.78, 5) is 19.3. The van der Waals surface area contributed by atoms with Crippen LogP contribution in [-0.4, -0.2) is 86.1 Å². The van der Waals surface area contributed by atoms with Crippen LogP contribution in [0.4, 0.5) is 0 Å². The molecule has 3 saturated heterocycles. The highest BCUT2D eigenvalue weighted by Crippen LogP contribution is 2.31. The van der Waals surface area contributed by atoms with Crippen LogP contribution in [0.15, 0.2) is 0 Å². The van der Waals surface area contributed by atoms with Gasteiger partial charge in [-0.1, -0.05) is 0 Å². The fourth-order valence-electron chi connectivity index (χ4n) is 3.63. The number of rotatable bonds is 1. The molecule has 0 aromatic heterocycles. The van der Waals surface area contributed by atoms with E-state index in [4.69, 9.17) is 0 Å². The minimum atomic E-state index is 0.130. The number of carbonyl (C=O) groups is 1. The maximum atomic E-state index is 12.6. The number of nitrogens with one attached hydrogen (secondary N) is 1. The number of hydrogen-bond donors (Lipinski definition) is 1. The number of carbonyl (C=O) groups excluding carboxylic acids is 1. The van der Waals surface area contributed by atoms with E-state index in [-0.39, 0.29) is 6.04 Å². The summed E-state index contributed by atoms with van der Waals surface area (Å²) >= 11 is 0. The van der Waals surface area contributed by atoms with Crippen molar-refractivity contribution >= 4 is 5.91 Å². The maximum absolute atomic E-state index is 12.6. The fraction of sp³-hybridized carbons (Fsp3) is 0.923. The van der Waals surface area contributed by atoms with Crippen LogP contribution in [0.5, 0.6) is 0 Å². The fourth-order valence-corrected chi connectivity index (χ4v) is 3.63. The van der Waals surface area contributed by atoms with Gasteiger partial charge in [0.05, 0.1) is 6.04 Å². The lowest BCUT2D eigenvalue weighted by molar-refractivity contribution is -0.137. The van der Waals surface area contributed by atoms with E-state index in [9.17, 15) is 4.79 Å². The van der Waals surface area contributed by atoms with E-state index in [1.165, 1.54) is 0 Å². The topological polar surface area (TPSA) is 38.8 Å². The van der Waals surface area contributed by atoms with Crippen LogP contribution >= 0.6 is 0 Å². The zero-order chi connectivity index (χ0) is 12.7. The quantitative estimate of drug-likeness (QED) is 0.653. The third kappa shape index (κ3) is 2.04. The molecule has 0 saturated carbocycles. The molecule has 0 aromatic rings. The highest BCUT2D eigenvalue weighted by Gasteiger charge is 2.45. The Balaban J connectivity index is 1.63. The average Bonchev–Trinajstić information content (AvgIpc) is 2.93. The molecule has 1 N–H and O–H groups in total. The molecule has 0 unspecified atom stereocenters. The molecule has 3 fully saturated rings. The summed E-state index contributed by atoms with van der Waals surface area (Å²) in [6, 6.07) is 0.705. The number of hydrogen-bond acceptors (Lipinski definition) is 4. The first-order valence-corrected chi connectivity index (χ1v) is 7.07. The minimum Gasteiger partial charge on any atom is -0.339 e. The Morgan fingerprint density at radius 1 is 1.11 bits per heavy atom. The lowest BCUT2D eigenvalue weighted by atomic mass is 10.0. The van der Waals surface area contributed by atoms with Crippen molar-refractivity contribution in [3.8, 4) is 0 Å². The van der Waals surface area contributed by atoms with Gasteiger partial charge in [-0.3, -0.25) is 9.69 Å². The number of fused-ring (bicyclic) bond motifs is 1. The molecule has 3 atom stereocenters. The Bertz CT molecular complexity index is 327. The number of likely N-dealkylation sites (N-methyl/N-ethyl adjacent to an activating group) is 2. The molecule has 3 aliphatic rings. The van der Waals surface area contributed by atoms with Gasteiger partial charge in [0.1, 0.15) is 0 Å². The van der Waals surface area contributed by atoms with Crippen molar-refractivity contribution < 1.29 is 4.79 Å². The molecule has 18 heavy (non-hydrogen) atoms. The normalized spacial score (nSPS) is 38.1. The standard InChI is InChI=1S/C13H24N4O/c1-15-3-5-17(6-4-15)13(18)11-7-10-8-14-9-12(10)16(11)2/h10-12,14H,3-9H2,1-2H3/t10-,11-,12+/m0/s1. The number of nitrogens with zero attached hydrogens (tertiary/aromatic N) is 3. The van der Waals surface area contributed by atoms with Crippen molar-refractivity contribution in [3.05, 3.63) is 0 Å². The van der Waals surface area contributed by atoms with Crippen LogP contribution in [0, 0.1) is 5.92 Å². The van der Waals surface area contributed by atoms with E-state index in [0.29, 0.717) is 17.9 Å². The molecule has 1 amide bonds. The third-order valence-electron chi connectivity index (χ3n) is 4.94. The minimum absolute atomic E-state index is 0.130. The summed E-state index contributed by atoms with van der Waals surface area (Å²) in [5.41, 5.74) is 0. The van der Waals surface area contributed by atoms with Gasteiger partial charge in [0, 0.05) is 38.8 Å². The monoisotopic (exact) mass is 252 g/mol. The first-order chi connectivity index (χ1) is 8.66. The summed E-state index contributed by atoms with van der Waals surface area (Å²) in [5.74, 6) is 1.04. The lowest BCUT2D eigenvalue weighted by Gasteiger charge is -2.35. The Morgan fingerprint density at radius 3 is 2.50 bits per heavy atom. The van der Waals surface area contributed by atoms with Gasteiger partial charge in [-0.05, 0) is 33.0 Å². The van der Waals surface area contributed by atoms with E-state index in [0.717, 1.165) is 45.7 Å². The van der Waals surface area contributed by atoms with Crippen LogP contribution in [0.3, 0.4) is 0 Å². The van der Waals surface area contributed by atoms with Crippen LogP contribution in [-0.2, 0) is 4.79 Å². The summed E-state index contributed by atoms with van der Waals surface area (Å²) in [6.45, 7) is 5.95. The Hall–Kier alpha value is -0.650. The largest absolute Gasteiger partial charge is 0.339 e. The van der Waals surface area contributed by atoms with Crippen LogP contribution in [0.1, 0.15) is 6.42 Å². The summed E-state index contributed by atoms with van der Waals surface area (Å²) in [6.07, 6.45) is 1.04. The van der Waals surface area contributed by atoms with Gasteiger partial charge in [0.15, 0.2) is 0 Å². The van der Waals surface area contributed by atoms with E-state index in [1.807, 2.05) is 0 Å². The average molecular weight is 252 g/mol. The smallest absolute Gasteiger partial charge is 0.240 e. The Labute approximate surface area is 109 Å².